The zero-order chi connectivity index (χ0) is 20.9. The van der Waals surface area contributed by atoms with Crippen LogP contribution in [0.4, 0.5) is 0 Å². The van der Waals surface area contributed by atoms with Crippen LogP contribution in [0.25, 0.3) is 22.8 Å². The van der Waals surface area contributed by atoms with Crippen LogP contribution in [0.2, 0.25) is 0 Å². The van der Waals surface area contributed by atoms with E-state index in [4.69, 9.17) is 4.74 Å². The van der Waals surface area contributed by atoms with E-state index in [-0.39, 0.29) is 0 Å². The van der Waals surface area contributed by atoms with Gasteiger partial charge in [-0.25, -0.2) is 4.98 Å². The fraction of sp³-hybridized carbons (Fsp3) is 0.200. The van der Waals surface area contributed by atoms with Crippen molar-refractivity contribution in [2.24, 2.45) is 0 Å². The molecule has 0 aliphatic rings. The molecule has 0 saturated heterocycles. The van der Waals surface area contributed by atoms with Crippen molar-refractivity contribution in [2.75, 3.05) is 6.61 Å². The molecule has 0 spiro atoms. The number of benzene rings is 2. The van der Waals surface area contributed by atoms with Crippen LogP contribution in [0.15, 0.2) is 73.0 Å². The Bertz CT molecular complexity index is 1170. The number of aromatic nitrogens is 3. The van der Waals surface area contributed by atoms with Crippen molar-refractivity contribution in [1.82, 2.24) is 14.1 Å². The second-order valence-electron chi connectivity index (χ2n) is 7.18. The molecule has 5 heteroatoms. The minimum Gasteiger partial charge on any atom is -0.498 e. The summed E-state index contributed by atoms with van der Waals surface area (Å²) < 4.78 is 9.94. The van der Waals surface area contributed by atoms with Gasteiger partial charge in [-0.2, -0.15) is 0 Å². The molecule has 2 aromatic heterocycles. The number of para-hydroxylation sites is 1. The van der Waals surface area contributed by atoms with E-state index in [1.165, 1.54) is 22.0 Å². The average molecular weight is 399 g/mol. The first-order valence-corrected chi connectivity index (χ1v) is 10.1. The SMILES string of the molecule is CCOC(=Cc1ccc(Cn2c(-n3ccnc3)c(C)c3ccccc32)cc1)CC=O. The van der Waals surface area contributed by atoms with Crippen LogP contribution in [-0.4, -0.2) is 27.0 Å². The summed E-state index contributed by atoms with van der Waals surface area (Å²) in [6.45, 7) is 5.38. The number of ether oxygens (including phenoxy) is 1. The quantitative estimate of drug-likeness (QED) is 0.304. The Morgan fingerprint density at radius 3 is 2.63 bits per heavy atom. The van der Waals surface area contributed by atoms with Crippen molar-refractivity contribution < 1.29 is 9.53 Å². The van der Waals surface area contributed by atoms with E-state index >= 15 is 0 Å². The van der Waals surface area contributed by atoms with Crippen molar-refractivity contribution in [1.29, 1.82) is 0 Å². The lowest BCUT2D eigenvalue weighted by atomic mass is 10.1. The highest BCUT2D eigenvalue weighted by atomic mass is 16.5. The molecule has 0 amide bonds. The predicted octanol–water partition coefficient (Wildman–Crippen LogP) is 5.15. The summed E-state index contributed by atoms with van der Waals surface area (Å²) in [6.07, 6.45) is 8.71. The molecule has 0 aliphatic carbocycles. The molecule has 0 fully saturated rings. The third-order valence-corrected chi connectivity index (χ3v) is 5.20. The van der Waals surface area contributed by atoms with Crippen molar-refractivity contribution in [3.05, 3.63) is 89.7 Å². The topological polar surface area (TPSA) is 49.0 Å². The molecule has 0 N–H and O–H groups in total. The largest absolute Gasteiger partial charge is 0.498 e. The number of rotatable bonds is 8. The summed E-state index contributed by atoms with van der Waals surface area (Å²) >= 11 is 0. The van der Waals surface area contributed by atoms with Gasteiger partial charge in [-0.3, -0.25) is 4.57 Å². The van der Waals surface area contributed by atoms with Gasteiger partial charge in [0.15, 0.2) is 0 Å². The maximum absolute atomic E-state index is 10.8. The van der Waals surface area contributed by atoms with Crippen molar-refractivity contribution in [3.63, 3.8) is 0 Å². The number of fused-ring (bicyclic) bond motifs is 1. The number of imidazole rings is 1. The maximum Gasteiger partial charge on any atom is 0.127 e. The standard InChI is InChI=1S/C25H25N3O2/c1-3-30-22(12-15-29)16-20-8-10-21(11-9-20)17-28-24-7-5-4-6-23(24)19(2)25(28)27-14-13-26-18-27/h4-11,13-16,18H,3,12,17H2,1-2H3. The molecule has 2 aromatic carbocycles. The van der Waals surface area contributed by atoms with Gasteiger partial charge >= 0.3 is 0 Å². The Morgan fingerprint density at radius 2 is 1.93 bits per heavy atom. The van der Waals surface area contributed by atoms with Crippen LogP contribution in [0.5, 0.6) is 0 Å². The molecule has 2 heterocycles. The van der Waals surface area contributed by atoms with Gasteiger partial charge < -0.3 is 14.1 Å². The number of allylic oxidation sites excluding steroid dienone is 1. The molecule has 0 radical (unpaired) electrons. The minimum atomic E-state index is 0.290. The van der Waals surface area contributed by atoms with Gasteiger partial charge in [-0.1, -0.05) is 42.5 Å². The van der Waals surface area contributed by atoms with E-state index in [2.05, 4.69) is 69.6 Å². The van der Waals surface area contributed by atoms with Gasteiger partial charge in [-0.15, -0.1) is 0 Å². The highest BCUT2D eigenvalue weighted by Gasteiger charge is 2.15. The van der Waals surface area contributed by atoms with Gasteiger partial charge in [0.1, 0.15) is 24.2 Å². The molecule has 5 nitrogen and oxygen atoms in total. The number of carbonyl (C=O) groups is 1. The van der Waals surface area contributed by atoms with Crippen molar-refractivity contribution >= 4 is 23.3 Å². The van der Waals surface area contributed by atoms with Gasteiger partial charge in [-0.05, 0) is 42.7 Å². The van der Waals surface area contributed by atoms with Gasteiger partial charge in [0.25, 0.3) is 0 Å². The molecule has 0 bridgehead atoms. The molecule has 0 unspecified atom stereocenters. The van der Waals surface area contributed by atoms with E-state index in [0.29, 0.717) is 18.8 Å². The number of nitrogens with zero attached hydrogens (tertiary/aromatic N) is 3. The molecule has 0 atom stereocenters. The zero-order valence-corrected chi connectivity index (χ0v) is 17.3. The third kappa shape index (κ3) is 3.92. The fourth-order valence-electron chi connectivity index (χ4n) is 3.86. The second kappa shape index (κ2) is 8.82. The Hall–Kier alpha value is -3.60. The third-order valence-electron chi connectivity index (χ3n) is 5.20. The first-order valence-electron chi connectivity index (χ1n) is 10.1. The summed E-state index contributed by atoms with van der Waals surface area (Å²) in [5.74, 6) is 1.82. The van der Waals surface area contributed by atoms with Gasteiger partial charge in [0.2, 0.25) is 0 Å². The number of hydrogen-bond acceptors (Lipinski definition) is 3. The number of aryl methyl sites for hydroxylation is 1. The normalized spacial score (nSPS) is 11.7. The highest BCUT2D eigenvalue weighted by Crippen LogP contribution is 2.29. The Morgan fingerprint density at radius 1 is 1.13 bits per heavy atom. The zero-order valence-electron chi connectivity index (χ0n) is 17.3. The summed E-state index contributed by atoms with van der Waals surface area (Å²) in [6, 6.07) is 16.9. The Kier molecular flexibility index (Phi) is 5.80. The molecular weight excluding hydrogens is 374 g/mol. The molecular formula is C25H25N3O2. The van der Waals surface area contributed by atoms with E-state index in [1.807, 2.05) is 25.5 Å². The summed E-state index contributed by atoms with van der Waals surface area (Å²) in [7, 11) is 0. The van der Waals surface area contributed by atoms with E-state index < -0.39 is 0 Å². The molecule has 0 saturated carbocycles. The molecule has 152 valence electrons. The first-order chi connectivity index (χ1) is 14.7. The predicted molar refractivity (Wildman–Crippen MR) is 120 cm³/mol. The van der Waals surface area contributed by atoms with Crippen LogP contribution in [0, 0.1) is 6.92 Å². The molecule has 0 aliphatic heterocycles. The van der Waals surface area contributed by atoms with Crippen LogP contribution < -0.4 is 0 Å². The van der Waals surface area contributed by atoms with Gasteiger partial charge in [0, 0.05) is 24.3 Å². The van der Waals surface area contributed by atoms with Crippen LogP contribution in [0.3, 0.4) is 0 Å². The van der Waals surface area contributed by atoms with Gasteiger partial charge in [0.05, 0.1) is 18.5 Å². The van der Waals surface area contributed by atoms with E-state index in [9.17, 15) is 4.79 Å². The van der Waals surface area contributed by atoms with Crippen molar-refractivity contribution in [3.8, 4) is 5.82 Å². The lowest BCUT2D eigenvalue weighted by molar-refractivity contribution is -0.107. The van der Waals surface area contributed by atoms with Crippen LogP contribution in [-0.2, 0) is 16.1 Å². The Balaban J connectivity index is 1.69. The number of hydrogen-bond donors (Lipinski definition) is 0. The smallest absolute Gasteiger partial charge is 0.127 e. The van der Waals surface area contributed by atoms with Crippen LogP contribution >= 0.6 is 0 Å². The lowest BCUT2D eigenvalue weighted by Gasteiger charge is -2.13. The summed E-state index contributed by atoms with van der Waals surface area (Å²) in [5, 5.41) is 1.25. The number of carbonyl (C=O) groups excluding carboxylic acids is 1. The van der Waals surface area contributed by atoms with Crippen LogP contribution in [0.1, 0.15) is 30.0 Å². The van der Waals surface area contributed by atoms with E-state index in [0.717, 1.165) is 24.2 Å². The monoisotopic (exact) mass is 399 g/mol. The second-order valence-corrected chi connectivity index (χ2v) is 7.18. The average Bonchev–Trinajstić information content (AvgIpc) is 3.37. The summed E-state index contributed by atoms with van der Waals surface area (Å²) in [4.78, 5) is 15.1. The Labute approximate surface area is 176 Å². The summed E-state index contributed by atoms with van der Waals surface area (Å²) in [5.41, 5.74) is 4.65. The minimum absolute atomic E-state index is 0.290. The molecule has 4 rings (SSSR count). The number of aldehydes is 1. The fourth-order valence-corrected chi connectivity index (χ4v) is 3.86. The molecule has 30 heavy (non-hydrogen) atoms. The highest BCUT2D eigenvalue weighted by molar-refractivity contribution is 5.87. The first kappa shape index (κ1) is 19.7. The molecule has 4 aromatic rings. The van der Waals surface area contributed by atoms with E-state index in [1.54, 1.807) is 6.20 Å². The maximum atomic E-state index is 10.8. The van der Waals surface area contributed by atoms with Crippen molar-refractivity contribution in [2.45, 2.75) is 26.8 Å². The lowest BCUT2D eigenvalue weighted by Crippen LogP contribution is -2.07.